The van der Waals surface area contributed by atoms with Crippen LogP contribution in [0.1, 0.15) is 69.4 Å². The van der Waals surface area contributed by atoms with Gasteiger partial charge >= 0.3 is 12.0 Å². The Morgan fingerprint density at radius 3 is 2.26 bits per heavy atom. The molecule has 0 aliphatic heterocycles. The monoisotopic (exact) mass is 720 g/mol. The first kappa shape index (κ1) is 40.4. The lowest BCUT2D eigenvalue weighted by atomic mass is 9.97. The molecule has 1 atom stereocenters. The molecule has 3 N–H and O–H groups in total. The quantitative estimate of drug-likeness (QED) is 0.0797. The molecule has 2 amide bonds. The lowest BCUT2D eigenvalue weighted by Crippen LogP contribution is -2.51. The van der Waals surface area contributed by atoms with Crippen molar-refractivity contribution in [2.24, 2.45) is 0 Å². The zero-order chi connectivity index (χ0) is 38.4. The predicted molar refractivity (Wildman–Crippen MR) is 206 cm³/mol. The van der Waals surface area contributed by atoms with Crippen molar-refractivity contribution in [1.82, 2.24) is 16.0 Å². The highest BCUT2D eigenvalue weighted by molar-refractivity contribution is 5.83. The normalized spacial score (nSPS) is 12.0. The van der Waals surface area contributed by atoms with Crippen LogP contribution in [-0.2, 0) is 34.0 Å². The molecule has 0 aliphatic carbocycles. The van der Waals surface area contributed by atoms with E-state index in [-0.39, 0.29) is 13.2 Å². The molecule has 4 aromatic rings. The summed E-state index contributed by atoms with van der Waals surface area (Å²) >= 11 is 0. The Balaban J connectivity index is 1.38. The van der Waals surface area contributed by atoms with E-state index in [4.69, 9.17) is 18.9 Å². The maximum absolute atomic E-state index is 12.8. The molecule has 4 aromatic carbocycles. The Kier molecular flexibility index (Phi) is 14.4. The summed E-state index contributed by atoms with van der Waals surface area (Å²) in [4.78, 5) is 25.5. The van der Waals surface area contributed by atoms with Crippen LogP contribution in [0.5, 0.6) is 11.5 Å². The van der Waals surface area contributed by atoms with Crippen LogP contribution in [0.15, 0.2) is 91.0 Å². The largest absolute Gasteiger partial charge is 0.489 e. The van der Waals surface area contributed by atoms with Gasteiger partial charge in [-0.3, -0.25) is 0 Å². The van der Waals surface area contributed by atoms with Crippen molar-refractivity contribution in [1.29, 1.82) is 5.26 Å². The van der Waals surface area contributed by atoms with Gasteiger partial charge in [-0.25, -0.2) is 9.59 Å². The fourth-order valence-electron chi connectivity index (χ4n) is 5.30. The molecule has 53 heavy (non-hydrogen) atoms. The lowest BCUT2D eigenvalue weighted by molar-refractivity contribution is -0.160. The fraction of sp³-hybridized carbons (Fsp3) is 0.372. The van der Waals surface area contributed by atoms with E-state index in [1.165, 1.54) is 5.56 Å². The number of hydrogen-bond acceptors (Lipinski definition) is 8. The van der Waals surface area contributed by atoms with E-state index < -0.39 is 29.2 Å². The van der Waals surface area contributed by atoms with Crippen molar-refractivity contribution in [2.45, 2.75) is 85.5 Å². The van der Waals surface area contributed by atoms with Crippen molar-refractivity contribution >= 4 is 12.0 Å². The molecule has 4 rings (SSSR count). The first-order valence-electron chi connectivity index (χ1n) is 17.8. The van der Waals surface area contributed by atoms with Crippen LogP contribution in [0.2, 0.25) is 0 Å². The van der Waals surface area contributed by atoms with Crippen molar-refractivity contribution in [2.75, 3.05) is 19.7 Å². The minimum absolute atomic E-state index is 0.0208. The minimum Gasteiger partial charge on any atom is -0.489 e. The number of amides is 2. The van der Waals surface area contributed by atoms with Gasteiger partial charge in [0.05, 0.1) is 23.8 Å². The molecule has 0 fully saturated rings. The number of esters is 1. The molecule has 0 saturated heterocycles. The average Bonchev–Trinajstić information content (AvgIpc) is 3.11. The molecule has 0 radical (unpaired) electrons. The third-order valence-corrected chi connectivity index (χ3v) is 8.00. The van der Waals surface area contributed by atoms with Crippen LogP contribution >= 0.6 is 0 Å². The number of ether oxygens (including phenoxy) is 4. The maximum Gasteiger partial charge on any atom is 0.331 e. The Morgan fingerprint density at radius 1 is 0.792 bits per heavy atom. The maximum atomic E-state index is 12.8. The van der Waals surface area contributed by atoms with Crippen LogP contribution in [0.4, 0.5) is 4.79 Å². The summed E-state index contributed by atoms with van der Waals surface area (Å²) in [5, 5.41) is 18.2. The highest BCUT2D eigenvalue weighted by Crippen LogP contribution is 2.29. The van der Waals surface area contributed by atoms with E-state index in [0.29, 0.717) is 43.3 Å². The number of nitrogens with one attached hydrogen (secondary N) is 3. The highest BCUT2D eigenvalue weighted by atomic mass is 16.6. The van der Waals surface area contributed by atoms with Crippen LogP contribution in [0, 0.1) is 18.3 Å². The van der Waals surface area contributed by atoms with Crippen LogP contribution in [0.3, 0.4) is 0 Å². The smallest absolute Gasteiger partial charge is 0.331 e. The molecule has 0 aromatic heterocycles. The summed E-state index contributed by atoms with van der Waals surface area (Å²) in [6.07, 6.45) is 0. The zero-order valence-corrected chi connectivity index (χ0v) is 31.9. The van der Waals surface area contributed by atoms with Gasteiger partial charge in [-0.1, -0.05) is 66.7 Å². The summed E-state index contributed by atoms with van der Waals surface area (Å²) in [7, 11) is 0. The van der Waals surface area contributed by atoms with E-state index in [1.807, 2.05) is 75.4 Å². The van der Waals surface area contributed by atoms with Crippen LogP contribution < -0.4 is 25.4 Å². The first-order chi connectivity index (χ1) is 25.2. The molecule has 0 heterocycles. The van der Waals surface area contributed by atoms with E-state index in [9.17, 15) is 14.9 Å². The second-order valence-electron chi connectivity index (χ2n) is 14.7. The molecule has 0 bridgehead atoms. The SMILES string of the molecule is Cc1c(COc2ccc(CNCCNC(=O)NC(COC(C)(C)C)C(=O)OC(C)(C)C)c(OCc3cccc(C#N)c3)c2)cccc1-c1ccccc1. The Morgan fingerprint density at radius 2 is 1.55 bits per heavy atom. The second kappa shape index (κ2) is 18.9. The topological polar surface area (TPSA) is 131 Å². The zero-order valence-electron chi connectivity index (χ0n) is 31.9. The van der Waals surface area contributed by atoms with E-state index in [2.05, 4.69) is 53.2 Å². The molecule has 0 spiro atoms. The summed E-state index contributed by atoms with van der Waals surface area (Å²) in [6, 6.07) is 30.3. The Hall–Kier alpha value is -5.37. The average molecular weight is 721 g/mol. The summed E-state index contributed by atoms with van der Waals surface area (Å²) in [6.45, 7) is 14.9. The van der Waals surface area contributed by atoms with Crippen molar-refractivity contribution in [3.8, 4) is 28.7 Å². The molecular formula is C43H52N4O6. The minimum atomic E-state index is -0.965. The van der Waals surface area contributed by atoms with Gasteiger partial charge < -0.3 is 34.9 Å². The number of carbonyl (C=O) groups excluding carboxylic acids is 2. The summed E-state index contributed by atoms with van der Waals surface area (Å²) in [5.41, 5.74) is 5.70. The van der Waals surface area contributed by atoms with Crippen molar-refractivity contribution in [3.05, 3.63) is 119 Å². The van der Waals surface area contributed by atoms with Gasteiger partial charge in [0.25, 0.3) is 0 Å². The van der Waals surface area contributed by atoms with E-state index in [0.717, 1.165) is 27.8 Å². The molecule has 280 valence electrons. The van der Waals surface area contributed by atoms with Crippen molar-refractivity contribution < 1.29 is 28.5 Å². The third kappa shape index (κ3) is 13.6. The number of benzene rings is 4. The molecule has 10 nitrogen and oxygen atoms in total. The fourth-order valence-corrected chi connectivity index (χ4v) is 5.30. The van der Waals surface area contributed by atoms with Crippen LogP contribution in [0.25, 0.3) is 11.1 Å². The van der Waals surface area contributed by atoms with Crippen molar-refractivity contribution in [3.63, 3.8) is 0 Å². The molecule has 0 saturated carbocycles. The number of nitrogens with zero attached hydrogens (tertiary/aromatic N) is 1. The van der Waals surface area contributed by atoms with Crippen LogP contribution in [-0.4, -0.2) is 48.9 Å². The summed E-state index contributed by atoms with van der Waals surface area (Å²) < 4.78 is 23.8. The van der Waals surface area contributed by atoms with Gasteiger partial charge in [0.15, 0.2) is 6.04 Å². The molecule has 10 heteroatoms. The van der Waals surface area contributed by atoms with E-state index >= 15 is 0 Å². The number of nitriles is 1. The van der Waals surface area contributed by atoms with Gasteiger partial charge in [-0.05, 0) is 94.5 Å². The standard InChI is InChI=1S/C43H52N4O6/c1-30-35(17-12-18-37(30)33-15-9-8-10-16-33)28-50-36-20-19-34(39(24-36)51-27-32-14-11-13-31(23-32)25-44)26-45-21-22-46-41(49)47-38(29-52-42(2,3)4)40(48)53-43(5,6)7/h8-20,23-24,38,45H,21-22,26-29H2,1-7H3,(H2,46,47,49). The van der Waals surface area contributed by atoms with Gasteiger partial charge in [-0.15, -0.1) is 0 Å². The van der Waals surface area contributed by atoms with Gasteiger partial charge in [-0.2, -0.15) is 5.26 Å². The summed E-state index contributed by atoms with van der Waals surface area (Å²) in [5.74, 6) is 0.731. The Labute approximate surface area is 313 Å². The Bertz CT molecular complexity index is 1860. The predicted octanol–water partition coefficient (Wildman–Crippen LogP) is 7.61. The highest BCUT2D eigenvalue weighted by Gasteiger charge is 2.28. The number of hydrogen-bond donors (Lipinski definition) is 3. The third-order valence-electron chi connectivity index (χ3n) is 8.00. The number of carbonyl (C=O) groups is 2. The van der Waals surface area contributed by atoms with Gasteiger partial charge in [0.1, 0.15) is 30.3 Å². The number of urea groups is 1. The molecule has 0 aliphatic rings. The number of rotatable bonds is 16. The van der Waals surface area contributed by atoms with E-state index in [1.54, 1.807) is 32.9 Å². The van der Waals surface area contributed by atoms with Gasteiger partial charge in [0, 0.05) is 31.3 Å². The second-order valence-corrected chi connectivity index (χ2v) is 14.7. The first-order valence-corrected chi connectivity index (χ1v) is 17.8. The van der Waals surface area contributed by atoms with Gasteiger partial charge in [0.2, 0.25) is 0 Å². The molecule has 1 unspecified atom stereocenters. The lowest BCUT2D eigenvalue weighted by Gasteiger charge is -2.27. The molecular weight excluding hydrogens is 668 g/mol.